The number of hydrogen-bond donors (Lipinski definition) is 4. The van der Waals surface area contributed by atoms with Gasteiger partial charge in [-0.2, -0.15) is 0 Å². The van der Waals surface area contributed by atoms with Crippen molar-refractivity contribution in [1.82, 2.24) is 0 Å². The first-order valence-corrected chi connectivity index (χ1v) is 25.4. The van der Waals surface area contributed by atoms with E-state index >= 15 is 0 Å². The Morgan fingerprint density at radius 1 is 0.492 bits per heavy atom. The second-order valence-electron chi connectivity index (χ2n) is 15.0. The van der Waals surface area contributed by atoms with Crippen molar-refractivity contribution in [2.24, 2.45) is 0 Å². The molecule has 0 aromatic heterocycles. The molecule has 0 radical (unpaired) electrons. The highest BCUT2D eigenvalue weighted by atomic mass is 31.2. The molecule has 0 saturated heterocycles. The van der Waals surface area contributed by atoms with Gasteiger partial charge in [-0.15, -0.1) is 0 Å². The molecule has 15 heteroatoms. The van der Waals surface area contributed by atoms with E-state index in [4.69, 9.17) is 23.8 Å². The van der Waals surface area contributed by atoms with Crippen molar-refractivity contribution in [2.45, 2.75) is 193 Å². The number of aliphatic hydroxyl groups is 1. The normalized spacial score (nSPS) is 14.5. The van der Waals surface area contributed by atoms with Crippen LogP contribution >= 0.6 is 15.6 Å². The molecule has 0 fully saturated rings. The SMILES string of the molecule is CCCCCC=CCC=CCC=CCC=CCCCCCC(=O)OC(COC(=O)CCCCCCCCCCCCCCC)COP(=O)(O)OCC(O)COP(=O)(O)O. The Kier molecular flexibility index (Phi) is 38.9. The predicted octanol–water partition coefficient (Wildman–Crippen LogP) is 11.5. The molecular weight excluding hydrogens is 798 g/mol. The van der Waals surface area contributed by atoms with Crippen LogP contribution in [0.15, 0.2) is 48.6 Å². The molecule has 0 aliphatic carbocycles. The quantitative estimate of drug-likeness (QED) is 0.0196. The van der Waals surface area contributed by atoms with Gasteiger partial charge in [0.15, 0.2) is 6.10 Å². The minimum atomic E-state index is -4.87. The van der Waals surface area contributed by atoms with Crippen molar-refractivity contribution < 1.29 is 61.6 Å². The number of hydrogen-bond acceptors (Lipinski definition) is 10. The summed E-state index contributed by atoms with van der Waals surface area (Å²) in [6, 6.07) is 0. The first-order chi connectivity index (χ1) is 28.4. The summed E-state index contributed by atoms with van der Waals surface area (Å²) in [7, 11) is -9.68. The van der Waals surface area contributed by atoms with E-state index in [1.54, 1.807) is 0 Å². The van der Waals surface area contributed by atoms with Gasteiger partial charge in [0.2, 0.25) is 0 Å². The molecule has 344 valence electrons. The molecular formula is C44H80O13P2. The van der Waals surface area contributed by atoms with E-state index in [1.165, 1.54) is 77.0 Å². The van der Waals surface area contributed by atoms with Crippen LogP contribution in [0.1, 0.15) is 181 Å². The van der Waals surface area contributed by atoms with Crippen LogP contribution in [-0.2, 0) is 41.8 Å². The third-order valence-corrected chi connectivity index (χ3v) is 10.6. The zero-order valence-electron chi connectivity index (χ0n) is 36.3. The van der Waals surface area contributed by atoms with Crippen molar-refractivity contribution in [1.29, 1.82) is 0 Å². The molecule has 4 N–H and O–H groups in total. The van der Waals surface area contributed by atoms with E-state index in [-0.39, 0.29) is 12.8 Å². The van der Waals surface area contributed by atoms with Gasteiger partial charge in [-0.3, -0.25) is 23.2 Å². The lowest BCUT2D eigenvalue weighted by Gasteiger charge is -2.20. The van der Waals surface area contributed by atoms with E-state index in [9.17, 15) is 28.7 Å². The lowest BCUT2D eigenvalue weighted by atomic mass is 10.0. The molecule has 59 heavy (non-hydrogen) atoms. The van der Waals surface area contributed by atoms with E-state index in [2.05, 4.69) is 71.5 Å². The predicted molar refractivity (Wildman–Crippen MR) is 235 cm³/mol. The molecule has 13 nitrogen and oxygen atoms in total. The fraction of sp³-hybridized carbons (Fsp3) is 0.773. The molecule has 0 aliphatic heterocycles. The standard InChI is InChI=1S/C44H80O13P2/c1-3-5-7-9-11-13-15-17-18-19-20-21-22-24-26-28-30-32-34-36-44(47)57-42(40-56-59(51,52)55-38-41(45)37-54-58(48,49)50)39-53-43(46)35-33-31-29-27-25-23-16-14-12-10-8-6-4-2/h11,13,17-18,20-21,24,26,41-42,45H,3-10,12,14-16,19,22-23,25,27-40H2,1-2H3,(H,51,52)(H2,48,49,50). The molecule has 0 amide bonds. The molecule has 3 atom stereocenters. The van der Waals surface area contributed by atoms with Crippen LogP contribution in [0.4, 0.5) is 0 Å². The summed E-state index contributed by atoms with van der Waals surface area (Å²) >= 11 is 0. The Morgan fingerprint density at radius 2 is 0.881 bits per heavy atom. The first-order valence-electron chi connectivity index (χ1n) is 22.3. The highest BCUT2D eigenvalue weighted by Crippen LogP contribution is 2.43. The molecule has 0 aromatic rings. The van der Waals surface area contributed by atoms with Crippen LogP contribution in [0.2, 0.25) is 0 Å². The van der Waals surface area contributed by atoms with Crippen LogP contribution in [-0.4, -0.2) is 70.4 Å². The average Bonchev–Trinajstić information content (AvgIpc) is 3.19. The molecule has 0 bridgehead atoms. The Labute approximate surface area is 356 Å². The summed E-state index contributed by atoms with van der Waals surface area (Å²) in [4.78, 5) is 52.7. The molecule has 0 heterocycles. The summed E-state index contributed by atoms with van der Waals surface area (Å²) in [6.45, 7) is 1.70. The fourth-order valence-corrected chi connectivity index (χ4v) is 6.96. The van der Waals surface area contributed by atoms with Crippen LogP contribution in [0.3, 0.4) is 0 Å². The van der Waals surface area contributed by atoms with Crippen molar-refractivity contribution in [3.05, 3.63) is 48.6 Å². The first kappa shape index (κ1) is 57.1. The van der Waals surface area contributed by atoms with E-state index in [0.29, 0.717) is 12.8 Å². The van der Waals surface area contributed by atoms with Crippen LogP contribution in [0.5, 0.6) is 0 Å². The number of esters is 2. The largest absolute Gasteiger partial charge is 0.472 e. The molecule has 3 unspecified atom stereocenters. The zero-order chi connectivity index (χ0) is 43.7. The summed E-state index contributed by atoms with van der Waals surface area (Å²) in [5, 5.41) is 9.74. The number of aliphatic hydroxyl groups excluding tert-OH is 1. The minimum absolute atomic E-state index is 0.0943. The lowest BCUT2D eigenvalue weighted by molar-refractivity contribution is -0.161. The van der Waals surface area contributed by atoms with Crippen molar-refractivity contribution in [3.8, 4) is 0 Å². The molecule has 0 aromatic carbocycles. The Morgan fingerprint density at radius 3 is 1.39 bits per heavy atom. The number of phosphoric ester groups is 2. The van der Waals surface area contributed by atoms with Gasteiger partial charge in [0.05, 0.1) is 19.8 Å². The van der Waals surface area contributed by atoms with Crippen molar-refractivity contribution in [2.75, 3.05) is 26.4 Å². The smallest absolute Gasteiger partial charge is 0.462 e. The van der Waals surface area contributed by atoms with E-state index in [0.717, 1.165) is 64.2 Å². The third kappa shape index (κ3) is 44.0. The number of rotatable bonds is 42. The number of unbranched alkanes of at least 4 members (excludes halogenated alkanes) is 18. The fourth-order valence-electron chi connectivity index (χ4n) is 5.80. The number of carbonyl (C=O) groups excluding carboxylic acids is 2. The maximum atomic E-state index is 12.7. The third-order valence-electron chi connectivity index (χ3n) is 9.21. The maximum absolute atomic E-state index is 12.7. The lowest BCUT2D eigenvalue weighted by Crippen LogP contribution is -2.30. The number of phosphoric acid groups is 2. The van der Waals surface area contributed by atoms with Crippen LogP contribution in [0.25, 0.3) is 0 Å². The monoisotopic (exact) mass is 879 g/mol. The van der Waals surface area contributed by atoms with Gasteiger partial charge >= 0.3 is 27.6 Å². The van der Waals surface area contributed by atoms with E-state index in [1.807, 2.05) is 0 Å². The van der Waals surface area contributed by atoms with Gasteiger partial charge in [-0.25, -0.2) is 9.13 Å². The van der Waals surface area contributed by atoms with Crippen LogP contribution in [0, 0.1) is 0 Å². The molecule has 0 saturated carbocycles. The van der Waals surface area contributed by atoms with Crippen molar-refractivity contribution in [3.63, 3.8) is 0 Å². The highest BCUT2D eigenvalue weighted by Gasteiger charge is 2.28. The highest BCUT2D eigenvalue weighted by molar-refractivity contribution is 7.47. The van der Waals surface area contributed by atoms with Gasteiger partial charge in [-0.05, 0) is 57.8 Å². The molecule has 0 aliphatic rings. The maximum Gasteiger partial charge on any atom is 0.472 e. The molecule has 0 spiro atoms. The second kappa shape index (κ2) is 40.2. The Balaban J connectivity index is 4.56. The number of allylic oxidation sites excluding steroid dienone is 8. The van der Waals surface area contributed by atoms with Crippen molar-refractivity contribution >= 4 is 27.6 Å². The van der Waals surface area contributed by atoms with Gasteiger partial charge in [0.1, 0.15) is 12.7 Å². The van der Waals surface area contributed by atoms with E-state index < -0.39 is 66.2 Å². The van der Waals surface area contributed by atoms with Gasteiger partial charge < -0.3 is 29.3 Å². The summed E-state index contributed by atoms with van der Waals surface area (Å²) in [5.74, 6) is -1.06. The Bertz CT molecular complexity index is 1230. The minimum Gasteiger partial charge on any atom is -0.462 e. The Hall–Kier alpha value is -1.92. The zero-order valence-corrected chi connectivity index (χ0v) is 38.1. The average molecular weight is 879 g/mol. The summed E-state index contributed by atoms with van der Waals surface area (Å²) in [6.07, 6.45) is 41.0. The topological polar surface area (TPSA) is 195 Å². The van der Waals surface area contributed by atoms with Crippen LogP contribution < -0.4 is 0 Å². The second-order valence-corrected chi connectivity index (χ2v) is 17.7. The molecule has 0 rings (SSSR count). The number of ether oxygens (including phenoxy) is 2. The number of carbonyl (C=O) groups is 2. The van der Waals surface area contributed by atoms with Gasteiger partial charge in [0.25, 0.3) is 0 Å². The summed E-state index contributed by atoms with van der Waals surface area (Å²) in [5.41, 5.74) is 0. The van der Waals surface area contributed by atoms with Gasteiger partial charge in [0, 0.05) is 12.8 Å². The summed E-state index contributed by atoms with van der Waals surface area (Å²) < 4.78 is 47.8. The van der Waals surface area contributed by atoms with Gasteiger partial charge in [-0.1, -0.05) is 159 Å².